The van der Waals surface area contributed by atoms with E-state index in [-0.39, 0.29) is 5.82 Å². The SMILES string of the molecule is CCCC1CCC(CCC2CCC(c3ccc(COC)c(F)c3)CC2)CC1. The van der Waals surface area contributed by atoms with Crippen molar-refractivity contribution in [2.24, 2.45) is 17.8 Å². The van der Waals surface area contributed by atoms with Crippen molar-refractivity contribution in [3.8, 4) is 0 Å². The molecule has 2 saturated carbocycles. The lowest BCUT2D eigenvalue weighted by Gasteiger charge is -2.32. The molecule has 2 aliphatic carbocycles. The molecule has 27 heavy (non-hydrogen) atoms. The van der Waals surface area contributed by atoms with Gasteiger partial charge in [0.15, 0.2) is 0 Å². The van der Waals surface area contributed by atoms with E-state index in [4.69, 9.17) is 4.74 Å². The maximum absolute atomic E-state index is 14.2. The highest BCUT2D eigenvalue weighted by atomic mass is 19.1. The molecule has 1 aromatic carbocycles. The smallest absolute Gasteiger partial charge is 0.129 e. The largest absolute Gasteiger partial charge is 0.380 e. The van der Waals surface area contributed by atoms with Crippen molar-refractivity contribution in [2.75, 3.05) is 7.11 Å². The van der Waals surface area contributed by atoms with Crippen LogP contribution in [0.1, 0.15) is 101 Å². The zero-order valence-electron chi connectivity index (χ0n) is 17.5. The lowest BCUT2D eigenvalue weighted by Crippen LogP contribution is -2.17. The van der Waals surface area contributed by atoms with Gasteiger partial charge in [0.2, 0.25) is 0 Å². The number of hydrogen-bond acceptors (Lipinski definition) is 1. The standard InChI is InChI=1S/C25H39FO/c1-3-4-19-5-7-20(8-6-19)9-10-21-11-13-22(14-12-21)23-15-16-24(18-27-2)25(26)17-23/h15-17,19-22H,3-14,18H2,1-2H3. The van der Waals surface area contributed by atoms with Crippen LogP contribution in [-0.4, -0.2) is 7.11 Å². The van der Waals surface area contributed by atoms with E-state index in [9.17, 15) is 4.39 Å². The molecule has 2 aliphatic rings. The molecule has 3 rings (SSSR count). The van der Waals surface area contributed by atoms with E-state index in [1.54, 1.807) is 13.2 Å². The molecule has 152 valence electrons. The van der Waals surface area contributed by atoms with E-state index >= 15 is 0 Å². The molecule has 0 radical (unpaired) electrons. The second-order valence-electron chi connectivity index (χ2n) is 9.25. The van der Waals surface area contributed by atoms with Gasteiger partial charge < -0.3 is 4.74 Å². The Labute approximate surface area is 166 Å². The first kappa shape index (κ1) is 20.8. The fourth-order valence-corrected chi connectivity index (χ4v) is 5.56. The summed E-state index contributed by atoms with van der Waals surface area (Å²) in [5.74, 6) is 3.38. The van der Waals surface area contributed by atoms with Crippen LogP contribution in [0.3, 0.4) is 0 Å². The van der Waals surface area contributed by atoms with Gasteiger partial charge in [-0.15, -0.1) is 0 Å². The predicted octanol–water partition coefficient (Wildman–Crippen LogP) is 7.63. The molecule has 0 heterocycles. The number of halogens is 1. The summed E-state index contributed by atoms with van der Waals surface area (Å²) >= 11 is 0. The molecule has 2 fully saturated rings. The van der Waals surface area contributed by atoms with Gasteiger partial charge in [-0.1, -0.05) is 70.4 Å². The average Bonchev–Trinajstić information content (AvgIpc) is 2.70. The van der Waals surface area contributed by atoms with Crippen LogP contribution < -0.4 is 0 Å². The van der Waals surface area contributed by atoms with Gasteiger partial charge in [0.1, 0.15) is 5.82 Å². The first-order valence-corrected chi connectivity index (χ1v) is 11.5. The van der Waals surface area contributed by atoms with E-state index in [0.717, 1.165) is 17.8 Å². The van der Waals surface area contributed by atoms with Crippen molar-refractivity contribution >= 4 is 0 Å². The van der Waals surface area contributed by atoms with Crippen molar-refractivity contribution < 1.29 is 9.13 Å². The first-order valence-electron chi connectivity index (χ1n) is 11.5. The maximum Gasteiger partial charge on any atom is 0.129 e. The van der Waals surface area contributed by atoms with Crippen LogP contribution in [0.2, 0.25) is 0 Å². The Balaban J connectivity index is 1.38. The summed E-state index contributed by atoms with van der Waals surface area (Å²) in [7, 11) is 1.62. The van der Waals surface area contributed by atoms with Crippen molar-refractivity contribution in [2.45, 2.75) is 96.5 Å². The van der Waals surface area contributed by atoms with Crippen molar-refractivity contribution in [1.82, 2.24) is 0 Å². The monoisotopic (exact) mass is 374 g/mol. The maximum atomic E-state index is 14.2. The molecule has 0 aliphatic heterocycles. The number of methoxy groups -OCH3 is 1. The molecule has 1 nitrogen and oxygen atoms in total. The molecule has 0 bridgehead atoms. The summed E-state index contributed by atoms with van der Waals surface area (Å²) in [5, 5.41) is 0. The number of hydrogen-bond donors (Lipinski definition) is 0. The lowest BCUT2D eigenvalue weighted by atomic mass is 9.74. The summed E-state index contributed by atoms with van der Waals surface area (Å²) in [5.41, 5.74) is 1.86. The van der Waals surface area contributed by atoms with Gasteiger partial charge in [-0.2, -0.15) is 0 Å². The molecule has 0 saturated heterocycles. The van der Waals surface area contributed by atoms with Gasteiger partial charge in [-0.25, -0.2) is 4.39 Å². The highest BCUT2D eigenvalue weighted by Gasteiger charge is 2.25. The Hall–Kier alpha value is -0.890. The van der Waals surface area contributed by atoms with E-state index in [0.29, 0.717) is 18.1 Å². The zero-order valence-corrected chi connectivity index (χ0v) is 17.5. The third-order valence-corrected chi connectivity index (χ3v) is 7.34. The molecule has 0 spiro atoms. The van der Waals surface area contributed by atoms with Crippen LogP contribution in [0.4, 0.5) is 4.39 Å². The Morgan fingerprint density at radius 3 is 1.93 bits per heavy atom. The fraction of sp³-hybridized carbons (Fsp3) is 0.760. The molecule has 1 aromatic rings. The van der Waals surface area contributed by atoms with Crippen LogP contribution in [0.25, 0.3) is 0 Å². The van der Waals surface area contributed by atoms with Gasteiger partial charge in [0, 0.05) is 12.7 Å². The van der Waals surface area contributed by atoms with E-state index in [1.165, 1.54) is 82.6 Å². The first-order chi connectivity index (χ1) is 13.2. The van der Waals surface area contributed by atoms with E-state index in [1.807, 2.05) is 6.07 Å². The number of rotatable bonds is 8. The van der Waals surface area contributed by atoms with Gasteiger partial charge in [-0.05, 0) is 61.0 Å². The minimum Gasteiger partial charge on any atom is -0.380 e. The second-order valence-corrected chi connectivity index (χ2v) is 9.25. The normalized spacial score (nSPS) is 29.0. The molecular weight excluding hydrogens is 335 g/mol. The number of benzene rings is 1. The zero-order chi connectivity index (χ0) is 19.1. The van der Waals surface area contributed by atoms with Crippen molar-refractivity contribution in [3.63, 3.8) is 0 Å². The quantitative estimate of drug-likeness (QED) is 0.454. The Bertz CT molecular complexity index is 553. The predicted molar refractivity (Wildman–Crippen MR) is 111 cm³/mol. The minimum absolute atomic E-state index is 0.102. The average molecular weight is 375 g/mol. The Morgan fingerprint density at radius 1 is 0.852 bits per heavy atom. The van der Waals surface area contributed by atoms with Crippen LogP contribution >= 0.6 is 0 Å². The molecule has 0 unspecified atom stereocenters. The summed E-state index contributed by atoms with van der Waals surface area (Å²) in [6, 6.07) is 5.79. The van der Waals surface area contributed by atoms with Crippen LogP contribution in [0.15, 0.2) is 18.2 Å². The van der Waals surface area contributed by atoms with Gasteiger partial charge in [0.25, 0.3) is 0 Å². The summed E-state index contributed by atoms with van der Waals surface area (Å²) in [6.07, 6.45) is 16.7. The van der Waals surface area contributed by atoms with Gasteiger partial charge in [0.05, 0.1) is 6.61 Å². The van der Waals surface area contributed by atoms with Crippen molar-refractivity contribution in [3.05, 3.63) is 35.1 Å². The second kappa shape index (κ2) is 10.6. The molecule has 0 amide bonds. The lowest BCUT2D eigenvalue weighted by molar-refractivity contribution is 0.181. The molecule has 2 heteroatoms. The van der Waals surface area contributed by atoms with E-state index in [2.05, 4.69) is 13.0 Å². The van der Waals surface area contributed by atoms with E-state index < -0.39 is 0 Å². The molecule has 0 N–H and O–H groups in total. The van der Waals surface area contributed by atoms with Gasteiger partial charge in [-0.3, -0.25) is 0 Å². The van der Waals surface area contributed by atoms with Crippen molar-refractivity contribution in [1.29, 1.82) is 0 Å². The van der Waals surface area contributed by atoms with Gasteiger partial charge >= 0.3 is 0 Å². The molecular formula is C25H39FO. The summed E-state index contributed by atoms with van der Waals surface area (Å²) in [6.45, 7) is 2.68. The Morgan fingerprint density at radius 2 is 1.41 bits per heavy atom. The fourth-order valence-electron chi connectivity index (χ4n) is 5.56. The third-order valence-electron chi connectivity index (χ3n) is 7.34. The topological polar surface area (TPSA) is 9.23 Å². The minimum atomic E-state index is -0.102. The summed E-state index contributed by atoms with van der Waals surface area (Å²) < 4.78 is 19.3. The third kappa shape index (κ3) is 6.04. The van der Waals surface area contributed by atoms with Crippen LogP contribution in [0, 0.1) is 23.6 Å². The Kier molecular flexibility index (Phi) is 8.18. The van der Waals surface area contributed by atoms with Crippen LogP contribution in [-0.2, 0) is 11.3 Å². The summed E-state index contributed by atoms with van der Waals surface area (Å²) in [4.78, 5) is 0. The molecule has 0 aromatic heterocycles. The highest BCUT2D eigenvalue weighted by molar-refractivity contribution is 5.27. The highest BCUT2D eigenvalue weighted by Crippen LogP contribution is 2.40. The number of ether oxygens (including phenoxy) is 1. The molecule has 0 atom stereocenters. The van der Waals surface area contributed by atoms with Crippen LogP contribution in [0.5, 0.6) is 0 Å².